The maximum atomic E-state index is 11.6. The van der Waals surface area contributed by atoms with Gasteiger partial charge in [-0.15, -0.1) is 0 Å². The molecule has 23 heavy (non-hydrogen) atoms. The molecule has 124 valence electrons. The zero-order valence-electron chi connectivity index (χ0n) is 13.5. The van der Waals surface area contributed by atoms with Crippen molar-refractivity contribution in [3.05, 3.63) is 29.6 Å². The summed E-state index contributed by atoms with van der Waals surface area (Å²) in [4.78, 5) is 27.2. The number of hydrogen-bond acceptors (Lipinski definition) is 4. The van der Waals surface area contributed by atoms with Crippen LogP contribution in [0.15, 0.2) is 18.2 Å². The van der Waals surface area contributed by atoms with Crippen LogP contribution < -0.4 is 5.32 Å². The molecule has 0 saturated carbocycles. The number of ether oxygens (including phenoxy) is 1. The quantitative estimate of drug-likeness (QED) is 0.814. The second-order valence-electron chi connectivity index (χ2n) is 5.37. The largest absolute Gasteiger partial charge is 0.478 e. The van der Waals surface area contributed by atoms with Crippen LogP contribution in [0.5, 0.6) is 0 Å². The fraction of sp³-hybridized carbons (Fsp3) is 0.438. The summed E-state index contributed by atoms with van der Waals surface area (Å²) in [5.74, 6) is -0.511. The SMILES string of the molecule is CCC(C)n1c(CNC(=O)COC)nc2cc(C(=O)O)ccc21. The Morgan fingerprint density at radius 3 is 2.78 bits per heavy atom. The monoisotopic (exact) mass is 319 g/mol. The van der Waals surface area contributed by atoms with Gasteiger partial charge in [0.05, 0.1) is 23.1 Å². The van der Waals surface area contributed by atoms with Crippen LogP contribution in [0.4, 0.5) is 0 Å². The molecule has 1 aromatic heterocycles. The van der Waals surface area contributed by atoms with Crippen molar-refractivity contribution in [2.75, 3.05) is 13.7 Å². The third-order valence-corrected chi connectivity index (χ3v) is 3.76. The molecule has 0 aliphatic rings. The van der Waals surface area contributed by atoms with E-state index in [1.54, 1.807) is 18.2 Å². The van der Waals surface area contributed by atoms with E-state index in [1.165, 1.54) is 7.11 Å². The highest BCUT2D eigenvalue weighted by molar-refractivity contribution is 5.92. The van der Waals surface area contributed by atoms with Crippen LogP contribution in [0.3, 0.4) is 0 Å². The molecule has 0 aliphatic carbocycles. The van der Waals surface area contributed by atoms with Gasteiger partial charge in [-0.25, -0.2) is 9.78 Å². The molecule has 0 saturated heterocycles. The first-order chi connectivity index (χ1) is 11.0. The summed E-state index contributed by atoms with van der Waals surface area (Å²) in [5.41, 5.74) is 1.67. The van der Waals surface area contributed by atoms with E-state index >= 15 is 0 Å². The summed E-state index contributed by atoms with van der Waals surface area (Å²) in [6, 6.07) is 5.07. The van der Waals surface area contributed by atoms with Gasteiger partial charge in [0.1, 0.15) is 12.4 Å². The van der Waals surface area contributed by atoms with Gasteiger partial charge in [-0.2, -0.15) is 0 Å². The van der Waals surface area contributed by atoms with Gasteiger partial charge in [-0.3, -0.25) is 4.79 Å². The zero-order valence-corrected chi connectivity index (χ0v) is 13.5. The van der Waals surface area contributed by atoms with Gasteiger partial charge < -0.3 is 19.7 Å². The third kappa shape index (κ3) is 3.68. The van der Waals surface area contributed by atoms with Crippen LogP contribution in [-0.4, -0.2) is 40.3 Å². The van der Waals surface area contributed by atoms with Crippen LogP contribution in [0.2, 0.25) is 0 Å². The van der Waals surface area contributed by atoms with Crippen LogP contribution in [0.1, 0.15) is 42.5 Å². The van der Waals surface area contributed by atoms with Crippen molar-refractivity contribution in [1.29, 1.82) is 0 Å². The minimum atomic E-state index is -0.986. The fourth-order valence-electron chi connectivity index (χ4n) is 2.44. The van der Waals surface area contributed by atoms with Gasteiger partial charge in [0, 0.05) is 13.2 Å². The number of amides is 1. The number of aromatic nitrogens is 2. The molecule has 7 heteroatoms. The van der Waals surface area contributed by atoms with Crippen molar-refractivity contribution < 1.29 is 19.4 Å². The Morgan fingerprint density at radius 1 is 1.43 bits per heavy atom. The second-order valence-corrected chi connectivity index (χ2v) is 5.37. The summed E-state index contributed by atoms with van der Waals surface area (Å²) >= 11 is 0. The first kappa shape index (κ1) is 17.0. The number of nitrogens with zero attached hydrogens (tertiary/aromatic N) is 2. The normalized spacial score (nSPS) is 12.3. The fourth-order valence-corrected chi connectivity index (χ4v) is 2.44. The number of fused-ring (bicyclic) bond motifs is 1. The van der Waals surface area contributed by atoms with Crippen molar-refractivity contribution in [1.82, 2.24) is 14.9 Å². The maximum Gasteiger partial charge on any atom is 0.335 e. The predicted octanol–water partition coefficient (Wildman–Crippen LogP) is 1.97. The summed E-state index contributed by atoms with van der Waals surface area (Å²) in [5, 5.41) is 11.9. The van der Waals surface area contributed by atoms with Gasteiger partial charge in [0.15, 0.2) is 0 Å². The van der Waals surface area contributed by atoms with Gasteiger partial charge in [0.25, 0.3) is 0 Å². The minimum absolute atomic E-state index is 0.00722. The molecule has 1 unspecified atom stereocenters. The maximum absolute atomic E-state index is 11.6. The summed E-state index contributed by atoms with van der Waals surface area (Å²) < 4.78 is 6.82. The molecule has 2 aromatic rings. The Labute approximate surface area is 134 Å². The van der Waals surface area contributed by atoms with E-state index in [0.717, 1.165) is 11.9 Å². The topological polar surface area (TPSA) is 93.5 Å². The number of methoxy groups -OCH3 is 1. The molecule has 0 bridgehead atoms. The highest BCUT2D eigenvalue weighted by Gasteiger charge is 2.17. The number of benzene rings is 1. The Kier molecular flexibility index (Phi) is 5.33. The Morgan fingerprint density at radius 2 is 2.17 bits per heavy atom. The molecule has 2 rings (SSSR count). The van der Waals surface area contributed by atoms with E-state index in [2.05, 4.69) is 24.1 Å². The van der Waals surface area contributed by atoms with Crippen LogP contribution in [0.25, 0.3) is 11.0 Å². The molecule has 0 radical (unpaired) electrons. The Hall–Kier alpha value is -2.41. The van der Waals surface area contributed by atoms with Crippen molar-refractivity contribution in [2.45, 2.75) is 32.9 Å². The lowest BCUT2D eigenvalue weighted by molar-refractivity contribution is -0.124. The van der Waals surface area contributed by atoms with Crippen molar-refractivity contribution in [3.8, 4) is 0 Å². The molecule has 0 spiro atoms. The van der Waals surface area contributed by atoms with E-state index in [0.29, 0.717) is 11.3 Å². The lowest BCUT2D eigenvalue weighted by Gasteiger charge is -2.16. The van der Waals surface area contributed by atoms with Crippen LogP contribution in [0, 0.1) is 0 Å². The summed E-state index contributed by atoms with van der Waals surface area (Å²) in [6.45, 7) is 4.39. The predicted molar refractivity (Wildman–Crippen MR) is 85.4 cm³/mol. The molecule has 1 atom stereocenters. The van der Waals surface area contributed by atoms with Gasteiger partial charge in [-0.1, -0.05) is 6.92 Å². The van der Waals surface area contributed by atoms with Crippen LogP contribution in [-0.2, 0) is 16.1 Å². The highest BCUT2D eigenvalue weighted by atomic mass is 16.5. The molecule has 1 heterocycles. The minimum Gasteiger partial charge on any atom is -0.478 e. The zero-order chi connectivity index (χ0) is 17.0. The van der Waals surface area contributed by atoms with Crippen molar-refractivity contribution in [3.63, 3.8) is 0 Å². The van der Waals surface area contributed by atoms with Crippen LogP contribution >= 0.6 is 0 Å². The number of hydrogen-bond donors (Lipinski definition) is 2. The molecular formula is C16H21N3O4. The highest BCUT2D eigenvalue weighted by Crippen LogP contribution is 2.24. The number of imidazole rings is 1. The summed E-state index contributed by atoms with van der Waals surface area (Å²) in [6.07, 6.45) is 0.894. The molecule has 2 N–H and O–H groups in total. The standard InChI is InChI=1S/C16H21N3O4/c1-4-10(2)19-13-6-5-11(16(21)22)7-12(13)18-14(19)8-17-15(20)9-23-3/h5-7,10H,4,8-9H2,1-3H3,(H,17,20)(H,21,22). The number of carboxylic acids is 1. The molecular weight excluding hydrogens is 298 g/mol. The van der Waals surface area contributed by atoms with E-state index in [9.17, 15) is 9.59 Å². The molecule has 7 nitrogen and oxygen atoms in total. The van der Waals surface area contributed by atoms with E-state index in [1.807, 2.05) is 4.57 Å². The van der Waals surface area contributed by atoms with E-state index < -0.39 is 5.97 Å². The molecule has 0 aliphatic heterocycles. The molecule has 1 aromatic carbocycles. The number of carboxylic acid groups (broad SMARTS) is 1. The number of aromatic carboxylic acids is 1. The van der Waals surface area contributed by atoms with Crippen molar-refractivity contribution in [2.24, 2.45) is 0 Å². The first-order valence-electron chi connectivity index (χ1n) is 7.47. The van der Waals surface area contributed by atoms with Gasteiger partial charge in [-0.05, 0) is 31.5 Å². The molecule has 0 fully saturated rings. The lowest BCUT2D eigenvalue weighted by atomic mass is 10.2. The van der Waals surface area contributed by atoms with Crippen molar-refractivity contribution >= 4 is 22.9 Å². The van der Waals surface area contributed by atoms with Gasteiger partial charge in [0.2, 0.25) is 5.91 Å². The number of carbonyl (C=O) groups excluding carboxylic acids is 1. The van der Waals surface area contributed by atoms with E-state index in [4.69, 9.17) is 9.84 Å². The Balaban J connectivity index is 2.40. The average Bonchev–Trinajstić information content (AvgIpc) is 2.89. The number of nitrogens with one attached hydrogen (secondary N) is 1. The average molecular weight is 319 g/mol. The Bertz CT molecular complexity index is 723. The second kappa shape index (κ2) is 7.23. The number of carbonyl (C=O) groups is 2. The molecule has 1 amide bonds. The smallest absolute Gasteiger partial charge is 0.335 e. The summed E-state index contributed by atoms with van der Waals surface area (Å²) in [7, 11) is 1.46. The lowest BCUT2D eigenvalue weighted by Crippen LogP contribution is -2.28. The van der Waals surface area contributed by atoms with Gasteiger partial charge >= 0.3 is 5.97 Å². The first-order valence-corrected chi connectivity index (χ1v) is 7.47. The van der Waals surface area contributed by atoms with E-state index in [-0.39, 0.29) is 30.7 Å². The third-order valence-electron chi connectivity index (χ3n) is 3.76. The number of rotatable bonds is 7.